The SMILES string of the molecule is O=C(O)CC(NC(=O)CNC(=C1CCC1)c1cc(-c2ccccc2)on1)C(=O)COc1c(F)c(F)cc(F)c1F. The van der Waals surface area contributed by atoms with Gasteiger partial charge in [0.25, 0.3) is 0 Å². The summed E-state index contributed by atoms with van der Waals surface area (Å²) in [5, 5.41) is 18.4. The quantitative estimate of drug-likeness (QED) is 0.224. The third-order valence-electron chi connectivity index (χ3n) is 6.09. The van der Waals surface area contributed by atoms with Crippen LogP contribution in [-0.2, 0) is 14.4 Å². The van der Waals surface area contributed by atoms with Crippen LogP contribution >= 0.6 is 0 Å². The van der Waals surface area contributed by atoms with E-state index in [9.17, 15) is 31.9 Å². The molecule has 2 aromatic carbocycles. The molecule has 40 heavy (non-hydrogen) atoms. The number of carbonyl (C=O) groups excluding carboxylic acids is 2. The van der Waals surface area contributed by atoms with Gasteiger partial charge in [-0.1, -0.05) is 35.5 Å². The summed E-state index contributed by atoms with van der Waals surface area (Å²) >= 11 is 0. The number of rotatable bonds is 12. The maximum atomic E-state index is 13.8. The molecular weight excluding hydrogens is 538 g/mol. The lowest BCUT2D eigenvalue weighted by Crippen LogP contribution is -2.47. The van der Waals surface area contributed by atoms with Gasteiger partial charge in [-0.05, 0) is 24.8 Å². The molecule has 0 radical (unpaired) electrons. The third kappa shape index (κ3) is 6.65. The second kappa shape index (κ2) is 12.5. The number of ketones is 1. The van der Waals surface area contributed by atoms with E-state index in [0.29, 0.717) is 17.2 Å². The van der Waals surface area contributed by atoms with Gasteiger partial charge in [0.1, 0.15) is 18.3 Å². The monoisotopic (exact) mass is 561 g/mol. The Kier molecular flexibility index (Phi) is 8.82. The van der Waals surface area contributed by atoms with Crippen molar-refractivity contribution in [3.8, 4) is 17.1 Å². The molecule has 1 amide bonds. The Labute approximate surface area is 224 Å². The Bertz CT molecular complexity index is 1430. The molecule has 1 aromatic heterocycles. The standard InChI is InChI=1S/C27H23F4N3O6/c28-16-9-17(29)25(31)27(24(16)30)39-13-20(35)18(11-23(37)38)33-22(36)12-32-26(15-7-4-8-15)19-10-21(40-34-19)14-5-2-1-3-6-14/h1-3,5-6,9-10,18,32H,4,7-8,11-13H2,(H,33,36)(H,37,38). The number of allylic oxidation sites excluding steroid dienone is 1. The first-order valence-corrected chi connectivity index (χ1v) is 12.1. The Morgan fingerprint density at radius 1 is 1.02 bits per heavy atom. The Morgan fingerprint density at radius 3 is 2.30 bits per heavy atom. The second-order valence-electron chi connectivity index (χ2n) is 8.90. The summed E-state index contributed by atoms with van der Waals surface area (Å²) < 4.78 is 64.5. The maximum absolute atomic E-state index is 13.8. The van der Waals surface area contributed by atoms with Gasteiger partial charge < -0.3 is 25.0 Å². The highest BCUT2D eigenvalue weighted by Crippen LogP contribution is 2.33. The van der Waals surface area contributed by atoms with Crippen molar-refractivity contribution in [2.45, 2.75) is 31.7 Å². The van der Waals surface area contributed by atoms with Crippen molar-refractivity contribution in [2.75, 3.05) is 13.2 Å². The van der Waals surface area contributed by atoms with Gasteiger partial charge >= 0.3 is 5.97 Å². The molecule has 1 atom stereocenters. The highest BCUT2D eigenvalue weighted by atomic mass is 19.2. The largest absolute Gasteiger partial charge is 0.481 e. The van der Waals surface area contributed by atoms with Crippen LogP contribution in [0.25, 0.3) is 17.0 Å². The van der Waals surface area contributed by atoms with Crippen LogP contribution in [0.15, 0.2) is 52.6 Å². The van der Waals surface area contributed by atoms with Crippen LogP contribution in [-0.4, -0.2) is 47.1 Å². The number of hydrogen-bond acceptors (Lipinski definition) is 7. The Balaban J connectivity index is 1.41. The summed E-state index contributed by atoms with van der Waals surface area (Å²) in [7, 11) is 0. The molecule has 3 aromatic rings. The van der Waals surface area contributed by atoms with Crippen molar-refractivity contribution >= 4 is 23.4 Å². The number of carboxylic acids is 1. The molecule has 1 heterocycles. The van der Waals surface area contributed by atoms with Crippen molar-refractivity contribution in [3.63, 3.8) is 0 Å². The molecule has 0 saturated heterocycles. The summed E-state index contributed by atoms with van der Waals surface area (Å²) in [6, 6.07) is 9.25. The van der Waals surface area contributed by atoms with Crippen molar-refractivity contribution in [2.24, 2.45) is 0 Å². The zero-order valence-corrected chi connectivity index (χ0v) is 20.8. The van der Waals surface area contributed by atoms with E-state index in [0.717, 1.165) is 30.4 Å². The molecule has 1 unspecified atom stereocenters. The molecule has 0 spiro atoms. The van der Waals surface area contributed by atoms with Crippen LogP contribution in [0.3, 0.4) is 0 Å². The zero-order valence-electron chi connectivity index (χ0n) is 20.8. The topological polar surface area (TPSA) is 131 Å². The Morgan fingerprint density at radius 2 is 1.70 bits per heavy atom. The molecular formula is C27H23F4N3O6. The smallest absolute Gasteiger partial charge is 0.305 e. The van der Waals surface area contributed by atoms with Crippen LogP contribution in [0, 0.1) is 23.3 Å². The number of nitrogens with one attached hydrogen (secondary N) is 2. The van der Waals surface area contributed by atoms with Gasteiger partial charge in [0.15, 0.2) is 28.9 Å². The van der Waals surface area contributed by atoms with Crippen LogP contribution < -0.4 is 15.4 Å². The first kappa shape index (κ1) is 28.3. The van der Waals surface area contributed by atoms with Crippen molar-refractivity contribution in [1.82, 2.24) is 15.8 Å². The number of benzene rings is 2. The van der Waals surface area contributed by atoms with Crippen LogP contribution in [0.2, 0.25) is 0 Å². The van der Waals surface area contributed by atoms with E-state index < -0.39 is 65.7 Å². The molecule has 1 fully saturated rings. The van der Waals surface area contributed by atoms with Gasteiger partial charge in [-0.15, -0.1) is 0 Å². The molecule has 0 aliphatic heterocycles. The van der Waals surface area contributed by atoms with E-state index in [1.54, 1.807) is 6.07 Å². The fraction of sp³-hybridized carbons (Fsp3) is 0.259. The molecule has 3 N–H and O–H groups in total. The first-order chi connectivity index (χ1) is 19.1. The highest BCUT2D eigenvalue weighted by molar-refractivity contribution is 5.93. The molecule has 0 bridgehead atoms. The molecule has 1 aliphatic carbocycles. The highest BCUT2D eigenvalue weighted by Gasteiger charge is 2.27. The van der Waals surface area contributed by atoms with E-state index >= 15 is 0 Å². The van der Waals surface area contributed by atoms with Crippen molar-refractivity contribution in [1.29, 1.82) is 0 Å². The minimum absolute atomic E-state index is 0.0332. The predicted octanol–water partition coefficient (Wildman–Crippen LogP) is 3.99. The van der Waals surface area contributed by atoms with Crippen LogP contribution in [0.4, 0.5) is 17.6 Å². The number of aliphatic carboxylic acids is 1. The number of hydrogen-bond donors (Lipinski definition) is 3. The summed E-state index contributed by atoms with van der Waals surface area (Å²) in [6.07, 6.45) is 1.60. The average molecular weight is 561 g/mol. The van der Waals surface area contributed by atoms with Gasteiger partial charge in [-0.3, -0.25) is 14.4 Å². The summed E-state index contributed by atoms with van der Waals surface area (Å²) in [5.74, 6) is -11.5. The normalized spacial score (nSPS) is 13.2. The molecule has 13 heteroatoms. The fourth-order valence-electron chi connectivity index (χ4n) is 3.89. The molecule has 1 aliphatic rings. The lowest BCUT2D eigenvalue weighted by molar-refractivity contribution is -0.140. The predicted molar refractivity (Wildman–Crippen MR) is 132 cm³/mol. The third-order valence-corrected chi connectivity index (χ3v) is 6.09. The van der Waals surface area contributed by atoms with Gasteiger partial charge in [0.05, 0.1) is 18.7 Å². The van der Waals surface area contributed by atoms with E-state index in [4.69, 9.17) is 9.63 Å². The fourth-order valence-corrected chi connectivity index (χ4v) is 3.89. The zero-order chi connectivity index (χ0) is 28.8. The summed E-state index contributed by atoms with van der Waals surface area (Å²) in [4.78, 5) is 36.5. The van der Waals surface area contributed by atoms with Gasteiger partial charge in [0.2, 0.25) is 17.5 Å². The number of ether oxygens (including phenoxy) is 1. The van der Waals surface area contributed by atoms with Crippen molar-refractivity contribution in [3.05, 3.63) is 77.0 Å². The minimum Gasteiger partial charge on any atom is -0.481 e. The summed E-state index contributed by atoms with van der Waals surface area (Å²) in [6.45, 7) is -1.55. The number of nitrogens with zero attached hydrogens (tertiary/aromatic N) is 1. The number of amides is 1. The first-order valence-electron chi connectivity index (χ1n) is 12.1. The Hall–Kier alpha value is -4.68. The van der Waals surface area contributed by atoms with Gasteiger partial charge in [-0.25, -0.2) is 8.78 Å². The second-order valence-corrected chi connectivity index (χ2v) is 8.90. The molecule has 9 nitrogen and oxygen atoms in total. The minimum atomic E-state index is -1.87. The lowest BCUT2D eigenvalue weighted by Gasteiger charge is -2.22. The number of aromatic nitrogens is 1. The van der Waals surface area contributed by atoms with Gasteiger partial charge in [-0.2, -0.15) is 8.78 Å². The average Bonchev–Trinajstić information content (AvgIpc) is 3.38. The van der Waals surface area contributed by atoms with E-state index in [1.165, 1.54) is 0 Å². The lowest BCUT2D eigenvalue weighted by atomic mass is 9.89. The maximum Gasteiger partial charge on any atom is 0.305 e. The van der Waals surface area contributed by atoms with Crippen LogP contribution in [0.1, 0.15) is 31.4 Å². The number of carboxylic acid groups (broad SMARTS) is 1. The number of halogens is 4. The van der Waals surface area contributed by atoms with E-state index in [-0.39, 0.29) is 12.6 Å². The number of carbonyl (C=O) groups is 3. The van der Waals surface area contributed by atoms with E-state index in [1.807, 2.05) is 30.3 Å². The van der Waals surface area contributed by atoms with Crippen LogP contribution in [0.5, 0.6) is 5.75 Å². The van der Waals surface area contributed by atoms with Gasteiger partial charge in [0, 0.05) is 17.7 Å². The van der Waals surface area contributed by atoms with Crippen molar-refractivity contribution < 1.29 is 46.3 Å². The summed E-state index contributed by atoms with van der Waals surface area (Å²) in [5.41, 5.74) is 2.82. The number of Topliss-reactive ketones (excluding diaryl/α,β-unsaturated/α-hetero) is 1. The van der Waals surface area contributed by atoms with E-state index in [2.05, 4.69) is 20.5 Å². The molecule has 4 rings (SSSR count). The molecule has 1 saturated carbocycles. The molecule has 210 valence electrons.